The van der Waals surface area contributed by atoms with Crippen molar-refractivity contribution in [1.29, 1.82) is 0 Å². The van der Waals surface area contributed by atoms with Crippen LogP contribution in [0.2, 0.25) is 0 Å². The Morgan fingerprint density at radius 2 is 1.67 bits per heavy atom. The minimum Gasteiger partial charge on any atom is -0.475 e. The van der Waals surface area contributed by atoms with Gasteiger partial charge in [-0.1, -0.05) is 6.07 Å². The number of carbonyl (C=O) groups is 3. The largest absolute Gasteiger partial charge is 0.490 e. The molecule has 0 saturated heterocycles. The number of carboxylic acid groups (broad SMARTS) is 1. The molecule has 1 aromatic carbocycles. The van der Waals surface area contributed by atoms with Gasteiger partial charge in [0.05, 0.1) is 0 Å². The van der Waals surface area contributed by atoms with Gasteiger partial charge in [-0.2, -0.15) is 13.2 Å². The van der Waals surface area contributed by atoms with Crippen LogP contribution in [-0.2, 0) is 9.59 Å². The minimum atomic E-state index is -5.08. The molecule has 0 fully saturated rings. The molecule has 7 nitrogen and oxygen atoms in total. The molecule has 1 heterocycles. The van der Waals surface area contributed by atoms with Gasteiger partial charge in [0.25, 0.3) is 0 Å². The monoisotopic (exact) mass is 343 g/mol. The first kappa shape index (κ1) is 18.7. The van der Waals surface area contributed by atoms with E-state index >= 15 is 0 Å². The molecule has 128 valence electrons. The zero-order valence-electron chi connectivity index (χ0n) is 11.9. The van der Waals surface area contributed by atoms with E-state index in [0.717, 1.165) is 5.56 Å². The second kappa shape index (κ2) is 7.31. The van der Waals surface area contributed by atoms with Gasteiger partial charge in [0.15, 0.2) is 0 Å². The molecular formula is C14H12F3N3O4. The van der Waals surface area contributed by atoms with Crippen LogP contribution in [0.1, 0.15) is 15.9 Å². The number of carbonyl (C=O) groups excluding carboxylic acids is 2. The lowest BCUT2D eigenvalue weighted by Gasteiger charge is -2.06. The molecule has 0 saturated carbocycles. The Kier molecular flexibility index (Phi) is 5.71. The number of benzene rings is 1. The van der Waals surface area contributed by atoms with Crippen molar-refractivity contribution >= 4 is 29.5 Å². The molecule has 0 atom stereocenters. The van der Waals surface area contributed by atoms with Crippen molar-refractivity contribution in [2.24, 2.45) is 11.5 Å². The summed E-state index contributed by atoms with van der Waals surface area (Å²) in [6.07, 6.45) is -0.265. The standard InChI is InChI=1S/C12H11N3O2.C2HF3O2/c13-11(16)8-2-1-7-5-9(12(14)17)3-4-15-10(7)6-8;3-2(4,5)1(6)7/h1-6,15H,(H2,13,16)(H2,14,17);(H,6,7). The van der Waals surface area contributed by atoms with Gasteiger partial charge in [0.2, 0.25) is 11.8 Å². The average Bonchev–Trinajstić information content (AvgIpc) is 2.68. The van der Waals surface area contributed by atoms with Crippen LogP contribution in [-0.4, -0.2) is 29.1 Å². The number of rotatable bonds is 2. The molecule has 0 spiro atoms. The summed E-state index contributed by atoms with van der Waals surface area (Å²) in [5, 5.41) is 10.1. The molecule has 2 rings (SSSR count). The SMILES string of the molecule is NC(=O)C1=Cc2ccc(C(N)=O)cc2NC=C1.O=C(O)C(F)(F)F. The molecule has 2 amide bonds. The van der Waals surface area contributed by atoms with Gasteiger partial charge in [0.1, 0.15) is 0 Å². The molecule has 0 unspecified atom stereocenters. The molecule has 1 aliphatic rings. The van der Waals surface area contributed by atoms with Crippen LogP contribution in [0.15, 0.2) is 36.0 Å². The van der Waals surface area contributed by atoms with Crippen molar-refractivity contribution in [3.63, 3.8) is 0 Å². The third-order valence-corrected chi connectivity index (χ3v) is 2.68. The van der Waals surface area contributed by atoms with Crippen LogP contribution in [0.3, 0.4) is 0 Å². The normalized spacial score (nSPS) is 12.5. The van der Waals surface area contributed by atoms with E-state index < -0.39 is 24.0 Å². The maximum absolute atomic E-state index is 11.1. The average molecular weight is 343 g/mol. The summed E-state index contributed by atoms with van der Waals surface area (Å²) >= 11 is 0. The van der Waals surface area contributed by atoms with Crippen LogP contribution >= 0.6 is 0 Å². The summed E-state index contributed by atoms with van der Waals surface area (Å²) in [5.41, 5.74) is 12.7. The first-order chi connectivity index (χ1) is 11.0. The molecule has 1 aromatic rings. The van der Waals surface area contributed by atoms with Crippen molar-refractivity contribution in [3.8, 4) is 0 Å². The molecule has 6 N–H and O–H groups in total. The van der Waals surface area contributed by atoms with Crippen molar-refractivity contribution in [3.05, 3.63) is 47.2 Å². The first-order valence-corrected chi connectivity index (χ1v) is 6.21. The summed E-state index contributed by atoms with van der Waals surface area (Å²) in [4.78, 5) is 31.0. The Hall–Kier alpha value is -3.30. The van der Waals surface area contributed by atoms with Gasteiger partial charge >= 0.3 is 12.1 Å². The molecule has 24 heavy (non-hydrogen) atoms. The molecule has 0 bridgehead atoms. The third kappa shape index (κ3) is 5.16. The number of hydrogen-bond acceptors (Lipinski definition) is 4. The molecule has 10 heteroatoms. The Morgan fingerprint density at radius 3 is 2.12 bits per heavy atom. The van der Waals surface area contributed by atoms with Crippen molar-refractivity contribution in [1.82, 2.24) is 0 Å². The van der Waals surface area contributed by atoms with E-state index in [4.69, 9.17) is 21.4 Å². The van der Waals surface area contributed by atoms with E-state index in [9.17, 15) is 22.8 Å². The Labute approximate surface area is 133 Å². The van der Waals surface area contributed by atoms with Gasteiger partial charge in [-0.15, -0.1) is 0 Å². The number of fused-ring (bicyclic) bond motifs is 1. The molecule has 0 radical (unpaired) electrons. The fraction of sp³-hybridized carbons (Fsp3) is 0.0714. The fourth-order valence-electron chi connectivity index (χ4n) is 1.55. The maximum Gasteiger partial charge on any atom is 0.490 e. The highest BCUT2D eigenvalue weighted by Gasteiger charge is 2.38. The number of anilines is 1. The van der Waals surface area contributed by atoms with Crippen LogP contribution in [0.5, 0.6) is 0 Å². The fourth-order valence-corrected chi connectivity index (χ4v) is 1.55. The zero-order valence-corrected chi connectivity index (χ0v) is 11.9. The van der Waals surface area contributed by atoms with Crippen LogP contribution < -0.4 is 16.8 Å². The van der Waals surface area contributed by atoms with Gasteiger partial charge < -0.3 is 21.9 Å². The third-order valence-electron chi connectivity index (χ3n) is 2.68. The van der Waals surface area contributed by atoms with Gasteiger partial charge in [-0.25, -0.2) is 4.79 Å². The smallest absolute Gasteiger partial charge is 0.475 e. The number of halogens is 3. The highest BCUT2D eigenvalue weighted by Crippen LogP contribution is 2.23. The van der Waals surface area contributed by atoms with Crippen LogP contribution in [0.25, 0.3) is 6.08 Å². The number of aliphatic carboxylic acids is 1. The first-order valence-electron chi connectivity index (χ1n) is 6.21. The van der Waals surface area contributed by atoms with Gasteiger partial charge in [0, 0.05) is 23.0 Å². The van der Waals surface area contributed by atoms with Crippen molar-refractivity contribution < 1.29 is 32.7 Å². The van der Waals surface area contributed by atoms with E-state index in [1.54, 1.807) is 36.6 Å². The van der Waals surface area contributed by atoms with E-state index in [2.05, 4.69) is 5.32 Å². The summed E-state index contributed by atoms with van der Waals surface area (Å²) in [6.45, 7) is 0. The molecule has 0 aromatic heterocycles. The number of nitrogens with one attached hydrogen (secondary N) is 1. The lowest BCUT2D eigenvalue weighted by molar-refractivity contribution is -0.192. The Morgan fingerprint density at radius 1 is 1.08 bits per heavy atom. The lowest BCUT2D eigenvalue weighted by atomic mass is 10.1. The predicted octanol–water partition coefficient (Wildman–Crippen LogP) is 1.23. The quantitative estimate of drug-likeness (QED) is 0.640. The summed E-state index contributed by atoms with van der Waals surface area (Å²) in [6, 6.07) is 4.93. The molecule has 1 aliphatic heterocycles. The van der Waals surface area contributed by atoms with Crippen molar-refractivity contribution in [2.75, 3.05) is 5.32 Å². The molecular weight excluding hydrogens is 331 g/mol. The predicted molar refractivity (Wildman–Crippen MR) is 78.6 cm³/mol. The Bertz CT molecular complexity index is 739. The van der Waals surface area contributed by atoms with E-state index in [-0.39, 0.29) is 0 Å². The van der Waals surface area contributed by atoms with E-state index in [0.29, 0.717) is 16.8 Å². The maximum atomic E-state index is 11.1. The number of primary amides is 2. The van der Waals surface area contributed by atoms with Crippen LogP contribution in [0.4, 0.5) is 18.9 Å². The van der Waals surface area contributed by atoms with Crippen molar-refractivity contribution in [2.45, 2.75) is 6.18 Å². The summed E-state index contributed by atoms with van der Waals surface area (Å²) < 4.78 is 31.7. The second-order valence-electron chi connectivity index (χ2n) is 4.41. The summed E-state index contributed by atoms with van der Waals surface area (Å²) in [7, 11) is 0. The van der Waals surface area contributed by atoms with E-state index in [1.807, 2.05) is 0 Å². The highest BCUT2D eigenvalue weighted by molar-refractivity contribution is 6.01. The van der Waals surface area contributed by atoms with Gasteiger partial charge in [-0.05, 0) is 29.8 Å². The number of amides is 2. The zero-order chi connectivity index (χ0) is 18.5. The van der Waals surface area contributed by atoms with Crippen LogP contribution in [0, 0.1) is 0 Å². The lowest BCUT2D eigenvalue weighted by Crippen LogP contribution is -2.21. The molecule has 0 aliphatic carbocycles. The topological polar surface area (TPSA) is 136 Å². The van der Waals surface area contributed by atoms with E-state index in [1.165, 1.54) is 0 Å². The minimum absolute atomic E-state index is 0.392. The highest BCUT2D eigenvalue weighted by atomic mass is 19.4. The Balaban J connectivity index is 0.000000351. The number of nitrogens with two attached hydrogens (primary N) is 2. The second-order valence-corrected chi connectivity index (χ2v) is 4.41. The number of hydrogen-bond donors (Lipinski definition) is 4. The number of alkyl halides is 3. The number of carboxylic acids is 1. The van der Waals surface area contributed by atoms with Gasteiger partial charge in [-0.3, -0.25) is 9.59 Å². The summed E-state index contributed by atoms with van der Waals surface area (Å²) in [5.74, 6) is -3.76.